The van der Waals surface area contributed by atoms with Crippen LogP contribution in [-0.2, 0) is 0 Å². The Bertz CT molecular complexity index is 275. The first kappa shape index (κ1) is 9.93. The Labute approximate surface area is 87.3 Å². The molecule has 0 N–H and O–H groups in total. The highest BCUT2D eigenvalue weighted by Crippen LogP contribution is 2.23. The summed E-state index contributed by atoms with van der Waals surface area (Å²) in [4.78, 5) is 2.10. The zero-order valence-corrected chi connectivity index (χ0v) is 9.69. The average molecular weight is 246 g/mol. The maximum atomic E-state index is 4.22. The topological polar surface area (TPSA) is 3.24 Å². The van der Waals surface area contributed by atoms with Crippen molar-refractivity contribution in [3.8, 4) is 0 Å². The quantitative estimate of drug-likeness (QED) is 0.620. The van der Waals surface area contributed by atoms with Crippen LogP contribution >= 0.6 is 28.6 Å². The lowest BCUT2D eigenvalue weighted by Gasteiger charge is -2.18. The van der Waals surface area contributed by atoms with Gasteiger partial charge in [0.05, 0.1) is 5.88 Å². The zero-order valence-electron chi connectivity index (χ0n) is 7.21. The molecule has 1 rings (SSSR count). The molecule has 0 heterocycles. The number of aryl methyl sites for hydroxylation is 1. The van der Waals surface area contributed by atoms with Crippen LogP contribution in [0.15, 0.2) is 22.7 Å². The van der Waals surface area contributed by atoms with E-state index in [9.17, 15) is 0 Å². The van der Waals surface area contributed by atoms with Gasteiger partial charge < -0.3 is 4.90 Å². The predicted octanol–water partition coefficient (Wildman–Crippen LogP) is 3.08. The molecule has 0 fully saturated rings. The Morgan fingerprint density at radius 1 is 1.50 bits per heavy atom. The molecule has 66 valence electrons. The summed E-state index contributed by atoms with van der Waals surface area (Å²) in [6, 6.07) is 6.25. The second-order valence-corrected chi connectivity index (χ2v) is 3.97. The first-order valence-electron chi connectivity index (χ1n) is 3.73. The lowest BCUT2D eigenvalue weighted by Crippen LogP contribution is -2.15. The second kappa shape index (κ2) is 4.19. The highest BCUT2D eigenvalue weighted by molar-refractivity contribution is 9.10. The number of rotatable bonds is 2. The van der Waals surface area contributed by atoms with E-state index in [1.54, 1.807) is 0 Å². The number of thiol groups is 1. The number of benzene rings is 1. The van der Waals surface area contributed by atoms with Crippen molar-refractivity contribution in [2.75, 3.05) is 17.8 Å². The van der Waals surface area contributed by atoms with Crippen LogP contribution in [0, 0.1) is 6.92 Å². The number of nitrogens with zero attached hydrogens (tertiary/aromatic N) is 1. The first-order valence-corrected chi connectivity index (χ1v) is 5.16. The van der Waals surface area contributed by atoms with Gasteiger partial charge in [-0.2, -0.15) is 12.6 Å². The molecule has 0 radical (unpaired) electrons. The van der Waals surface area contributed by atoms with Crippen molar-refractivity contribution in [2.45, 2.75) is 6.92 Å². The summed E-state index contributed by atoms with van der Waals surface area (Å²) in [6.45, 7) is 2.10. The van der Waals surface area contributed by atoms with Gasteiger partial charge >= 0.3 is 0 Å². The SMILES string of the molecule is Cc1ccc(Br)cc1N(C)CS. The fourth-order valence-corrected chi connectivity index (χ4v) is 1.57. The van der Waals surface area contributed by atoms with E-state index in [4.69, 9.17) is 0 Å². The molecule has 1 aromatic carbocycles. The molecule has 0 amide bonds. The highest BCUT2D eigenvalue weighted by atomic mass is 79.9. The third kappa shape index (κ3) is 2.17. The van der Waals surface area contributed by atoms with Crippen LogP contribution in [-0.4, -0.2) is 12.9 Å². The molecule has 0 aliphatic heterocycles. The molecule has 0 saturated carbocycles. The smallest absolute Gasteiger partial charge is 0.0607 e. The van der Waals surface area contributed by atoms with Crippen molar-refractivity contribution < 1.29 is 0 Å². The summed E-state index contributed by atoms with van der Waals surface area (Å²) in [6.07, 6.45) is 0. The molecule has 0 aliphatic rings. The average Bonchev–Trinajstić information content (AvgIpc) is 2.08. The van der Waals surface area contributed by atoms with Crippen molar-refractivity contribution in [1.29, 1.82) is 0 Å². The fraction of sp³-hybridized carbons (Fsp3) is 0.333. The van der Waals surface area contributed by atoms with Crippen LogP contribution in [0.4, 0.5) is 5.69 Å². The third-order valence-corrected chi connectivity index (χ3v) is 2.71. The van der Waals surface area contributed by atoms with E-state index < -0.39 is 0 Å². The summed E-state index contributed by atoms with van der Waals surface area (Å²) in [7, 11) is 2.03. The molecular formula is C9H12BrNS. The van der Waals surface area contributed by atoms with Gasteiger partial charge in [0.25, 0.3) is 0 Å². The summed E-state index contributed by atoms with van der Waals surface area (Å²) in [5.74, 6) is 0.733. The number of hydrogen-bond acceptors (Lipinski definition) is 2. The Morgan fingerprint density at radius 2 is 2.17 bits per heavy atom. The lowest BCUT2D eigenvalue weighted by atomic mass is 10.2. The van der Waals surface area contributed by atoms with Crippen LogP contribution in [0.1, 0.15) is 5.56 Å². The maximum absolute atomic E-state index is 4.22. The Balaban J connectivity index is 3.04. The fourth-order valence-electron chi connectivity index (χ4n) is 1.07. The van der Waals surface area contributed by atoms with Crippen LogP contribution in [0.3, 0.4) is 0 Å². The van der Waals surface area contributed by atoms with Crippen molar-refractivity contribution in [3.05, 3.63) is 28.2 Å². The molecule has 0 atom stereocenters. The largest absolute Gasteiger partial charge is 0.365 e. The van der Waals surface area contributed by atoms with Gasteiger partial charge in [0.2, 0.25) is 0 Å². The van der Waals surface area contributed by atoms with E-state index >= 15 is 0 Å². The zero-order chi connectivity index (χ0) is 9.14. The minimum absolute atomic E-state index is 0.733. The molecule has 3 heteroatoms. The summed E-state index contributed by atoms with van der Waals surface area (Å²) >= 11 is 7.66. The van der Waals surface area contributed by atoms with Gasteiger partial charge in [-0.1, -0.05) is 22.0 Å². The first-order chi connectivity index (χ1) is 5.65. The maximum Gasteiger partial charge on any atom is 0.0607 e. The van der Waals surface area contributed by atoms with Crippen molar-refractivity contribution in [2.24, 2.45) is 0 Å². The van der Waals surface area contributed by atoms with Crippen LogP contribution in [0.25, 0.3) is 0 Å². The van der Waals surface area contributed by atoms with E-state index in [1.165, 1.54) is 11.3 Å². The molecule has 0 aromatic heterocycles. The molecule has 0 aliphatic carbocycles. The summed E-state index contributed by atoms with van der Waals surface area (Å²) in [5.41, 5.74) is 2.49. The second-order valence-electron chi connectivity index (χ2n) is 2.77. The van der Waals surface area contributed by atoms with E-state index in [0.717, 1.165) is 10.3 Å². The molecule has 1 aromatic rings. The van der Waals surface area contributed by atoms with Gasteiger partial charge in [0.15, 0.2) is 0 Å². The minimum atomic E-state index is 0.733. The number of hydrogen-bond donors (Lipinski definition) is 1. The van der Waals surface area contributed by atoms with Gasteiger partial charge in [0, 0.05) is 17.2 Å². The molecule has 0 saturated heterocycles. The Kier molecular flexibility index (Phi) is 3.47. The minimum Gasteiger partial charge on any atom is -0.365 e. The van der Waals surface area contributed by atoms with Crippen molar-refractivity contribution in [1.82, 2.24) is 0 Å². The van der Waals surface area contributed by atoms with E-state index in [2.05, 4.69) is 52.5 Å². The van der Waals surface area contributed by atoms with Gasteiger partial charge in [-0.25, -0.2) is 0 Å². The van der Waals surface area contributed by atoms with Crippen LogP contribution in [0.2, 0.25) is 0 Å². The molecule has 0 unspecified atom stereocenters. The molecule has 0 spiro atoms. The molecular weight excluding hydrogens is 234 g/mol. The van der Waals surface area contributed by atoms with Gasteiger partial charge in [0.1, 0.15) is 0 Å². The monoisotopic (exact) mass is 245 g/mol. The highest BCUT2D eigenvalue weighted by Gasteiger charge is 2.02. The van der Waals surface area contributed by atoms with Gasteiger partial charge in [-0.3, -0.25) is 0 Å². The molecule has 1 nitrogen and oxygen atoms in total. The van der Waals surface area contributed by atoms with E-state index in [1.807, 2.05) is 13.1 Å². The Morgan fingerprint density at radius 3 is 2.75 bits per heavy atom. The van der Waals surface area contributed by atoms with Gasteiger partial charge in [-0.05, 0) is 24.6 Å². The van der Waals surface area contributed by atoms with Crippen molar-refractivity contribution in [3.63, 3.8) is 0 Å². The molecule has 12 heavy (non-hydrogen) atoms. The normalized spacial score (nSPS) is 10.0. The predicted molar refractivity (Wildman–Crippen MR) is 61.1 cm³/mol. The number of anilines is 1. The van der Waals surface area contributed by atoms with Crippen LogP contribution in [0.5, 0.6) is 0 Å². The third-order valence-electron chi connectivity index (χ3n) is 1.79. The lowest BCUT2D eigenvalue weighted by molar-refractivity contribution is 1.08. The van der Waals surface area contributed by atoms with Crippen LogP contribution < -0.4 is 4.90 Å². The molecule has 0 bridgehead atoms. The van der Waals surface area contributed by atoms with Gasteiger partial charge in [-0.15, -0.1) is 0 Å². The summed E-state index contributed by atoms with van der Waals surface area (Å²) < 4.78 is 1.11. The summed E-state index contributed by atoms with van der Waals surface area (Å²) in [5, 5.41) is 0. The standard InChI is InChI=1S/C9H12BrNS/c1-7-3-4-8(10)5-9(7)11(2)6-12/h3-5,12H,6H2,1-2H3. The van der Waals surface area contributed by atoms with E-state index in [-0.39, 0.29) is 0 Å². The Hall–Kier alpha value is -0.150. The van der Waals surface area contributed by atoms with Crippen molar-refractivity contribution >= 4 is 34.2 Å². The van der Waals surface area contributed by atoms with E-state index in [0.29, 0.717) is 0 Å². The number of halogens is 1.